The van der Waals surface area contributed by atoms with Gasteiger partial charge in [-0.15, -0.1) is 0 Å². The molecule has 1 aromatic heterocycles. The Morgan fingerprint density at radius 2 is 2.29 bits per heavy atom. The number of nitrogens with one attached hydrogen (secondary N) is 1. The number of halogens is 1. The van der Waals surface area contributed by atoms with Gasteiger partial charge in [-0.05, 0) is 36.9 Å². The fourth-order valence-electron chi connectivity index (χ4n) is 2.13. The van der Waals surface area contributed by atoms with Crippen LogP contribution in [0.1, 0.15) is 25.7 Å². The van der Waals surface area contributed by atoms with Gasteiger partial charge in [-0.25, -0.2) is 4.98 Å². The zero-order chi connectivity index (χ0) is 12.3. The summed E-state index contributed by atoms with van der Waals surface area (Å²) in [5.74, 6) is -0.635. The number of pyridine rings is 1. The second kappa shape index (κ2) is 4.79. The first-order valence-electron chi connectivity index (χ1n) is 5.75. The molecule has 1 aromatic rings. The molecule has 4 nitrogen and oxygen atoms in total. The predicted molar refractivity (Wildman–Crippen MR) is 62.8 cm³/mol. The maximum atomic E-state index is 12.6. The maximum Gasteiger partial charge on any atom is 0.225 e. The number of hydrogen-bond donors (Lipinski definition) is 2. The van der Waals surface area contributed by atoms with Gasteiger partial charge in [0.15, 0.2) is 0 Å². The highest BCUT2D eigenvalue weighted by molar-refractivity contribution is 5.91. The molecule has 0 aliphatic heterocycles. The van der Waals surface area contributed by atoms with Gasteiger partial charge in [-0.3, -0.25) is 4.79 Å². The van der Waals surface area contributed by atoms with Crippen molar-refractivity contribution in [2.75, 3.05) is 11.9 Å². The van der Waals surface area contributed by atoms with E-state index >= 15 is 0 Å². The summed E-state index contributed by atoms with van der Waals surface area (Å²) in [6.07, 6.45) is 4.91. The predicted octanol–water partition coefficient (Wildman–Crippen LogP) is 1.68. The van der Waals surface area contributed by atoms with Gasteiger partial charge in [0.2, 0.25) is 11.9 Å². The van der Waals surface area contributed by atoms with Crippen molar-refractivity contribution in [2.45, 2.75) is 25.7 Å². The van der Waals surface area contributed by atoms with Crippen LogP contribution in [0, 0.1) is 11.4 Å². The van der Waals surface area contributed by atoms with E-state index in [1.54, 1.807) is 0 Å². The highest BCUT2D eigenvalue weighted by atomic mass is 19.1. The molecule has 5 heteroatoms. The molecule has 92 valence electrons. The zero-order valence-corrected chi connectivity index (χ0v) is 9.58. The fraction of sp³-hybridized carbons (Fsp3) is 0.500. The average Bonchev–Trinajstić information content (AvgIpc) is 2.27. The van der Waals surface area contributed by atoms with Crippen LogP contribution in [0.4, 0.5) is 10.1 Å². The minimum Gasteiger partial charge on any atom is -0.330 e. The number of anilines is 1. The van der Waals surface area contributed by atoms with Crippen LogP contribution in [-0.2, 0) is 4.79 Å². The van der Waals surface area contributed by atoms with E-state index in [1.165, 1.54) is 18.3 Å². The van der Waals surface area contributed by atoms with Crippen molar-refractivity contribution in [1.29, 1.82) is 0 Å². The van der Waals surface area contributed by atoms with Gasteiger partial charge in [0, 0.05) is 6.42 Å². The Morgan fingerprint density at radius 3 is 2.76 bits per heavy atom. The molecule has 1 heterocycles. The second-order valence-electron chi connectivity index (χ2n) is 4.65. The summed E-state index contributed by atoms with van der Waals surface area (Å²) >= 11 is 0. The van der Waals surface area contributed by atoms with E-state index in [2.05, 4.69) is 10.3 Å². The summed E-state index contributed by atoms with van der Waals surface area (Å²) in [7, 11) is 0. The van der Waals surface area contributed by atoms with Crippen molar-refractivity contribution in [1.82, 2.24) is 4.98 Å². The highest BCUT2D eigenvalue weighted by Gasteiger charge is 2.37. The van der Waals surface area contributed by atoms with Crippen LogP contribution < -0.4 is 11.1 Å². The molecule has 1 amide bonds. The fourth-order valence-corrected chi connectivity index (χ4v) is 2.13. The van der Waals surface area contributed by atoms with Gasteiger partial charge in [-0.1, -0.05) is 6.42 Å². The standard InChI is InChI=1S/C12H16FN3O/c13-10-3-2-9(7-15-10)16-11(17)6-12(8-14)4-1-5-12/h2-3,7H,1,4-6,8,14H2,(H,16,17). The van der Waals surface area contributed by atoms with Gasteiger partial charge in [0.25, 0.3) is 0 Å². The molecular formula is C12H16FN3O. The van der Waals surface area contributed by atoms with Crippen LogP contribution in [0.25, 0.3) is 0 Å². The van der Waals surface area contributed by atoms with Crippen molar-refractivity contribution in [3.8, 4) is 0 Å². The van der Waals surface area contributed by atoms with E-state index in [0.717, 1.165) is 19.3 Å². The number of hydrogen-bond acceptors (Lipinski definition) is 3. The molecule has 0 aromatic carbocycles. The monoisotopic (exact) mass is 237 g/mol. The molecule has 0 atom stereocenters. The summed E-state index contributed by atoms with van der Waals surface area (Å²) in [4.78, 5) is 15.3. The Bertz CT molecular complexity index is 395. The molecular weight excluding hydrogens is 221 g/mol. The zero-order valence-electron chi connectivity index (χ0n) is 9.58. The number of carbonyl (C=O) groups excluding carboxylic acids is 1. The summed E-state index contributed by atoms with van der Waals surface area (Å²) in [6, 6.07) is 2.72. The van der Waals surface area contributed by atoms with Crippen molar-refractivity contribution >= 4 is 11.6 Å². The Hall–Kier alpha value is -1.49. The number of aromatic nitrogens is 1. The summed E-state index contributed by atoms with van der Waals surface area (Å²) in [5, 5.41) is 2.70. The number of carbonyl (C=O) groups is 1. The van der Waals surface area contributed by atoms with E-state index in [-0.39, 0.29) is 11.3 Å². The number of nitrogens with zero attached hydrogens (tertiary/aromatic N) is 1. The van der Waals surface area contributed by atoms with E-state index < -0.39 is 5.95 Å². The largest absolute Gasteiger partial charge is 0.330 e. The molecule has 0 spiro atoms. The van der Waals surface area contributed by atoms with E-state index in [4.69, 9.17) is 5.73 Å². The van der Waals surface area contributed by atoms with Crippen molar-refractivity contribution in [3.63, 3.8) is 0 Å². The first kappa shape index (κ1) is 12.0. The smallest absolute Gasteiger partial charge is 0.225 e. The van der Waals surface area contributed by atoms with Crippen molar-refractivity contribution < 1.29 is 9.18 Å². The summed E-state index contributed by atoms with van der Waals surface area (Å²) < 4.78 is 12.6. The molecule has 17 heavy (non-hydrogen) atoms. The molecule has 0 radical (unpaired) electrons. The minimum absolute atomic E-state index is 0.0163. The van der Waals surface area contributed by atoms with E-state index in [1.807, 2.05) is 0 Å². The lowest BCUT2D eigenvalue weighted by Crippen LogP contribution is -2.40. The first-order valence-corrected chi connectivity index (χ1v) is 5.75. The molecule has 0 saturated heterocycles. The molecule has 3 N–H and O–H groups in total. The average molecular weight is 237 g/mol. The normalized spacial score (nSPS) is 17.3. The summed E-state index contributed by atoms with van der Waals surface area (Å²) in [5.41, 5.74) is 6.19. The van der Waals surface area contributed by atoms with Crippen LogP contribution in [0.15, 0.2) is 18.3 Å². The van der Waals surface area contributed by atoms with Gasteiger partial charge in [-0.2, -0.15) is 4.39 Å². The van der Waals surface area contributed by atoms with Gasteiger partial charge < -0.3 is 11.1 Å². The Labute approximate surface area is 99.4 Å². The highest BCUT2D eigenvalue weighted by Crippen LogP contribution is 2.42. The molecule has 1 fully saturated rings. The molecule has 0 bridgehead atoms. The summed E-state index contributed by atoms with van der Waals surface area (Å²) in [6.45, 7) is 0.544. The third kappa shape index (κ3) is 2.79. The Morgan fingerprint density at radius 1 is 1.53 bits per heavy atom. The number of nitrogens with two attached hydrogens (primary N) is 1. The first-order chi connectivity index (χ1) is 8.13. The SMILES string of the molecule is NCC1(CC(=O)Nc2ccc(F)nc2)CCC1. The Kier molecular flexibility index (Phi) is 3.38. The van der Waals surface area contributed by atoms with Gasteiger partial charge in [0.05, 0.1) is 11.9 Å². The Balaban J connectivity index is 1.91. The van der Waals surface area contributed by atoms with Crippen LogP contribution in [-0.4, -0.2) is 17.4 Å². The van der Waals surface area contributed by atoms with E-state index in [9.17, 15) is 9.18 Å². The molecule has 0 unspecified atom stereocenters. The molecule has 2 rings (SSSR count). The van der Waals surface area contributed by atoms with Gasteiger partial charge in [0.1, 0.15) is 0 Å². The third-order valence-corrected chi connectivity index (χ3v) is 3.39. The third-order valence-electron chi connectivity index (χ3n) is 3.39. The van der Waals surface area contributed by atoms with Gasteiger partial charge >= 0.3 is 0 Å². The number of rotatable bonds is 4. The lowest BCUT2D eigenvalue weighted by atomic mass is 9.66. The van der Waals surface area contributed by atoms with Crippen LogP contribution in [0.5, 0.6) is 0 Å². The maximum absolute atomic E-state index is 12.6. The lowest BCUT2D eigenvalue weighted by molar-refractivity contribution is -0.119. The van der Waals surface area contributed by atoms with Crippen LogP contribution >= 0.6 is 0 Å². The quantitative estimate of drug-likeness (QED) is 0.783. The van der Waals surface area contributed by atoms with Crippen LogP contribution in [0.3, 0.4) is 0 Å². The minimum atomic E-state index is -0.555. The van der Waals surface area contributed by atoms with E-state index in [0.29, 0.717) is 18.7 Å². The number of amides is 1. The lowest BCUT2D eigenvalue weighted by Gasteiger charge is -2.40. The molecule has 1 saturated carbocycles. The van der Waals surface area contributed by atoms with Crippen molar-refractivity contribution in [3.05, 3.63) is 24.3 Å². The van der Waals surface area contributed by atoms with Crippen LogP contribution in [0.2, 0.25) is 0 Å². The topological polar surface area (TPSA) is 68.0 Å². The second-order valence-corrected chi connectivity index (χ2v) is 4.65. The molecule has 1 aliphatic carbocycles. The molecule has 1 aliphatic rings. The van der Waals surface area contributed by atoms with Crippen molar-refractivity contribution in [2.24, 2.45) is 11.1 Å².